The molecule has 2 nitrogen and oxygen atoms in total. The molecule has 0 saturated heterocycles. The van der Waals surface area contributed by atoms with E-state index in [-0.39, 0.29) is 19.6 Å². The molecule has 0 amide bonds. The van der Waals surface area contributed by atoms with Gasteiger partial charge in [-0.25, -0.2) is 0 Å². The number of hydrogen-bond donors (Lipinski definition) is 1. The van der Waals surface area contributed by atoms with E-state index in [2.05, 4.69) is 0 Å². The van der Waals surface area contributed by atoms with Gasteiger partial charge in [-0.15, -0.1) is 0 Å². The van der Waals surface area contributed by atoms with Crippen molar-refractivity contribution in [2.45, 2.75) is 0 Å². The SMILES string of the molecule is C=O.N.S. The third-order valence-electron chi connectivity index (χ3n) is 0. The summed E-state index contributed by atoms with van der Waals surface area (Å²) in [5, 5.41) is 0. The van der Waals surface area contributed by atoms with E-state index in [9.17, 15) is 0 Å². The van der Waals surface area contributed by atoms with Gasteiger partial charge in [0, 0.05) is 0 Å². The van der Waals surface area contributed by atoms with Gasteiger partial charge in [0.2, 0.25) is 0 Å². The molecule has 0 aliphatic rings. The zero-order valence-electron chi connectivity index (χ0n) is 2.32. The lowest BCUT2D eigenvalue weighted by molar-refractivity contribution is -0.0979. The van der Waals surface area contributed by atoms with Crippen LogP contribution in [-0.4, -0.2) is 6.79 Å². The standard InChI is InChI=1S/CH2O.H3N.H2S/c1-2;;/h1H2;1H3;1H2. The molecule has 28 valence electrons. The molecule has 3 N–H and O–H groups in total. The topological polar surface area (TPSA) is 52.1 Å². The molecule has 0 aromatic carbocycles. The zero-order valence-corrected chi connectivity index (χ0v) is 3.32. The first-order chi connectivity index (χ1) is 1.00. The van der Waals surface area contributed by atoms with E-state index in [0.717, 1.165) is 0 Å². The van der Waals surface area contributed by atoms with Gasteiger partial charge in [-0.05, 0) is 0 Å². The third-order valence-corrected chi connectivity index (χ3v) is 0. The molecular weight excluding hydrogens is 74.1 g/mol. The van der Waals surface area contributed by atoms with Gasteiger partial charge in [-0.2, -0.15) is 13.5 Å². The summed E-state index contributed by atoms with van der Waals surface area (Å²) in [6.07, 6.45) is 0. The molecule has 0 saturated carbocycles. The Morgan fingerprint density at radius 1 is 1.25 bits per heavy atom. The lowest BCUT2D eigenvalue weighted by Gasteiger charge is -0.837. The second-order valence-electron chi connectivity index (χ2n) is 0. The summed E-state index contributed by atoms with van der Waals surface area (Å²) in [5.74, 6) is 0. The van der Waals surface area contributed by atoms with E-state index in [1.807, 2.05) is 6.79 Å². The summed E-state index contributed by atoms with van der Waals surface area (Å²) >= 11 is 0. The summed E-state index contributed by atoms with van der Waals surface area (Å²) in [5.41, 5.74) is 0. The Bertz CT molecular complexity index is 8.00. The highest BCUT2D eigenvalue weighted by molar-refractivity contribution is 7.59. The van der Waals surface area contributed by atoms with Crippen molar-refractivity contribution in [1.82, 2.24) is 6.15 Å². The van der Waals surface area contributed by atoms with Gasteiger partial charge in [0.15, 0.2) is 0 Å². The lowest BCUT2D eigenvalue weighted by atomic mass is 11.9. The Kier molecular flexibility index (Phi) is 269000. The maximum absolute atomic E-state index is 8.00. The minimum absolute atomic E-state index is 0. The highest BCUT2D eigenvalue weighted by Crippen LogP contribution is 0.648. The van der Waals surface area contributed by atoms with Crippen LogP contribution in [0, 0.1) is 0 Å². The fourth-order valence-electron chi connectivity index (χ4n) is 0. The van der Waals surface area contributed by atoms with Crippen molar-refractivity contribution in [2.24, 2.45) is 0 Å². The maximum Gasteiger partial charge on any atom is 0.106 e. The smallest absolute Gasteiger partial charge is 0.106 e. The van der Waals surface area contributed by atoms with Crippen LogP contribution in [0.3, 0.4) is 0 Å². The van der Waals surface area contributed by atoms with Crippen molar-refractivity contribution < 1.29 is 4.79 Å². The minimum atomic E-state index is 0. The quantitative estimate of drug-likeness (QED) is 0.449. The Hall–Kier alpha value is -0.0200. The zero-order chi connectivity index (χ0) is 2.00. The molecule has 0 aliphatic heterocycles. The molecule has 3 heteroatoms. The second kappa shape index (κ2) is 29200. The van der Waals surface area contributed by atoms with Crippen LogP contribution in [-0.2, 0) is 4.79 Å². The molecule has 4 heavy (non-hydrogen) atoms. The van der Waals surface area contributed by atoms with Gasteiger partial charge in [-0.3, -0.25) is 0 Å². The van der Waals surface area contributed by atoms with E-state index in [4.69, 9.17) is 4.79 Å². The molecule has 0 unspecified atom stereocenters. The van der Waals surface area contributed by atoms with E-state index in [1.165, 1.54) is 0 Å². The fourth-order valence-corrected chi connectivity index (χ4v) is 0. The van der Waals surface area contributed by atoms with Gasteiger partial charge < -0.3 is 10.9 Å². The number of carbonyl (C=O) groups excluding carboxylic acids is 1. The van der Waals surface area contributed by atoms with Crippen LogP contribution in [0.1, 0.15) is 0 Å². The average Bonchev–Trinajstić information content (AvgIpc) is 1.00. The van der Waals surface area contributed by atoms with Crippen LogP contribution in [0.5, 0.6) is 0 Å². The average molecular weight is 81.1 g/mol. The molecule has 0 aromatic rings. The molecule has 0 bridgehead atoms. The lowest BCUT2D eigenvalue weighted by Crippen LogP contribution is -0.925. The molecule has 0 aromatic heterocycles. The van der Waals surface area contributed by atoms with E-state index in [1.54, 1.807) is 0 Å². The van der Waals surface area contributed by atoms with E-state index >= 15 is 0 Å². The Morgan fingerprint density at radius 2 is 1.25 bits per heavy atom. The molecule has 0 rings (SSSR count). The monoisotopic (exact) mass is 81.0 g/mol. The molecule has 0 fully saturated rings. The summed E-state index contributed by atoms with van der Waals surface area (Å²) in [4.78, 5) is 8.00. The van der Waals surface area contributed by atoms with E-state index in [0.29, 0.717) is 0 Å². The second-order valence-corrected chi connectivity index (χ2v) is 0. The van der Waals surface area contributed by atoms with Crippen molar-refractivity contribution in [3.05, 3.63) is 0 Å². The van der Waals surface area contributed by atoms with Crippen LogP contribution in [0.2, 0.25) is 0 Å². The number of rotatable bonds is 0. The molecule has 0 radical (unpaired) electrons. The van der Waals surface area contributed by atoms with Gasteiger partial charge in [-0.1, -0.05) is 0 Å². The largest absolute Gasteiger partial charge is 0.344 e. The summed E-state index contributed by atoms with van der Waals surface area (Å²) in [6, 6.07) is 0. The number of hydrogen-bond acceptors (Lipinski definition) is 2. The van der Waals surface area contributed by atoms with Crippen LogP contribution in [0.25, 0.3) is 0 Å². The summed E-state index contributed by atoms with van der Waals surface area (Å²) in [7, 11) is 0. The Morgan fingerprint density at radius 3 is 1.25 bits per heavy atom. The fraction of sp³-hybridized carbons (Fsp3) is 0. The molecule has 0 aliphatic carbocycles. The van der Waals surface area contributed by atoms with Crippen LogP contribution in [0.15, 0.2) is 0 Å². The van der Waals surface area contributed by atoms with Crippen molar-refractivity contribution in [3.63, 3.8) is 0 Å². The first-order valence-electron chi connectivity index (χ1n) is 0.289. The molecule has 0 heterocycles. The predicted octanol–water partition coefficient (Wildman–Crippen LogP) is 0.0899. The summed E-state index contributed by atoms with van der Waals surface area (Å²) in [6.45, 7) is 2.00. The van der Waals surface area contributed by atoms with Crippen molar-refractivity contribution in [3.8, 4) is 0 Å². The number of carbonyl (C=O) groups is 1. The summed E-state index contributed by atoms with van der Waals surface area (Å²) < 4.78 is 0. The Balaban J connectivity index is -0.00000000500. The highest BCUT2D eigenvalue weighted by Gasteiger charge is 0.636. The van der Waals surface area contributed by atoms with Crippen molar-refractivity contribution in [2.75, 3.05) is 0 Å². The van der Waals surface area contributed by atoms with Crippen molar-refractivity contribution >= 4 is 20.3 Å². The molecule has 0 atom stereocenters. The first kappa shape index (κ1) is 36.8. The minimum Gasteiger partial charge on any atom is -0.344 e. The van der Waals surface area contributed by atoms with E-state index < -0.39 is 0 Å². The molecular formula is CH7NOS. The van der Waals surface area contributed by atoms with Gasteiger partial charge in [0.05, 0.1) is 0 Å². The predicted molar refractivity (Wildman–Crippen MR) is 22.5 cm³/mol. The van der Waals surface area contributed by atoms with Gasteiger partial charge in [0.25, 0.3) is 0 Å². The van der Waals surface area contributed by atoms with Crippen LogP contribution < -0.4 is 6.15 Å². The Labute approximate surface area is 32.2 Å². The van der Waals surface area contributed by atoms with Crippen molar-refractivity contribution in [1.29, 1.82) is 0 Å². The molecule has 0 spiro atoms. The third kappa shape index (κ3) is 4750. The first-order valence-corrected chi connectivity index (χ1v) is 0.289. The normalized spacial score (nSPS) is 1.00. The highest BCUT2D eigenvalue weighted by atomic mass is 32.1. The van der Waals surface area contributed by atoms with Crippen LogP contribution >= 0.6 is 13.5 Å². The maximum atomic E-state index is 8.00. The van der Waals surface area contributed by atoms with Gasteiger partial charge in [0.1, 0.15) is 6.79 Å². The van der Waals surface area contributed by atoms with Gasteiger partial charge >= 0.3 is 0 Å². The van der Waals surface area contributed by atoms with Crippen LogP contribution in [0.4, 0.5) is 0 Å².